The molecule has 0 spiro atoms. The molecule has 1 aliphatic rings. The maximum Gasteiger partial charge on any atom is 0.309 e. The lowest BCUT2D eigenvalue weighted by Gasteiger charge is -2.35. The van der Waals surface area contributed by atoms with Crippen molar-refractivity contribution in [3.8, 4) is 0 Å². The number of piperazine rings is 1. The largest absolute Gasteiger partial charge is 0.481 e. The van der Waals surface area contributed by atoms with Gasteiger partial charge < -0.3 is 10.0 Å². The van der Waals surface area contributed by atoms with Crippen LogP contribution in [-0.2, 0) is 19.6 Å². The molecule has 1 saturated heterocycles. The smallest absolute Gasteiger partial charge is 0.309 e. The Morgan fingerprint density at radius 2 is 1.67 bits per heavy atom. The fraction of sp³-hybridized carbons (Fsp3) is 0.846. The number of carbonyl (C=O) groups is 2. The highest BCUT2D eigenvalue weighted by Crippen LogP contribution is 2.22. The van der Waals surface area contributed by atoms with Crippen LogP contribution in [0.4, 0.5) is 0 Å². The number of rotatable bonds is 6. The van der Waals surface area contributed by atoms with E-state index < -0.39 is 21.4 Å². The van der Waals surface area contributed by atoms with Crippen LogP contribution in [0.3, 0.4) is 0 Å². The average Bonchev–Trinajstić information content (AvgIpc) is 2.38. The summed E-state index contributed by atoms with van der Waals surface area (Å²) < 4.78 is 25.3. The van der Waals surface area contributed by atoms with Crippen molar-refractivity contribution in [2.75, 3.05) is 31.9 Å². The molecule has 0 aromatic heterocycles. The van der Waals surface area contributed by atoms with E-state index in [4.69, 9.17) is 5.11 Å². The van der Waals surface area contributed by atoms with Crippen LogP contribution >= 0.6 is 0 Å². The summed E-state index contributed by atoms with van der Waals surface area (Å²) in [5, 5.41) is 9.04. The van der Waals surface area contributed by atoms with Crippen molar-refractivity contribution in [3.63, 3.8) is 0 Å². The van der Waals surface area contributed by atoms with Gasteiger partial charge in [0, 0.05) is 32.6 Å². The maximum atomic E-state index is 12.1. The first-order valence-electron chi connectivity index (χ1n) is 7.09. The molecular formula is C13H24N2O5S. The minimum absolute atomic E-state index is 0.0793. The van der Waals surface area contributed by atoms with Gasteiger partial charge in [0.05, 0.1) is 11.2 Å². The average molecular weight is 320 g/mol. The maximum absolute atomic E-state index is 12.1. The van der Waals surface area contributed by atoms with Gasteiger partial charge in [-0.3, -0.25) is 9.59 Å². The molecule has 0 bridgehead atoms. The quantitative estimate of drug-likeness (QED) is 0.763. The molecule has 0 unspecified atom stereocenters. The third-order valence-electron chi connectivity index (χ3n) is 3.62. The highest BCUT2D eigenvalue weighted by Gasteiger charge is 2.34. The van der Waals surface area contributed by atoms with Gasteiger partial charge in [-0.15, -0.1) is 0 Å². The number of carbonyl (C=O) groups excluding carboxylic acids is 1. The van der Waals surface area contributed by atoms with Crippen molar-refractivity contribution in [3.05, 3.63) is 0 Å². The Kier molecular flexibility index (Phi) is 5.75. The summed E-state index contributed by atoms with van der Waals surface area (Å²) in [6.07, 6.45) is 0.484. The highest BCUT2D eigenvalue weighted by atomic mass is 32.2. The molecule has 0 aromatic carbocycles. The van der Waals surface area contributed by atoms with E-state index in [0.717, 1.165) is 0 Å². The fourth-order valence-corrected chi connectivity index (χ4v) is 3.66. The number of carboxylic acid groups (broad SMARTS) is 1. The molecular weight excluding hydrogens is 296 g/mol. The van der Waals surface area contributed by atoms with Crippen LogP contribution in [0.15, 0.2) is 0 Å². The number of hydrogen-bond acceptors (Lipinski definition) is 4. The molecule has 1 heterocycles. The number of nitrogens with zero attached hydrogens (tertiary/aromatic N) is 2. The predicted octanol–water partition coefficient (Wildman–Crippen LogP) is 0.371. The van der Waals surface area contributed by atoms with Crippen molar-refractivity contribution >= 4 is 21.9 Å². The molecule has 122 valence electrons. The van der Waals surface area contributed by atoms with Gasteiger partial charge >= 0.3 is 5.97 Å². The number of amides is 1. The van der Waals surface area contributed by atoms with Gasteiger partial charge in [0.15, 0.2) is 0 Å². The van der Waals surface area contributed by atoms with Gasteiger partial charge in [-0.2, -0.15) is 4.31 Å². The van der Waals surface area contributed by atoms with Crippen molar-refractivity contribution < 1.29 is 23.1 Å². The molecule has 1 fully saturated rings. The van der Waals surface area contributed by atoms with E-state index in [2.05, 4.69) is 0 Å². The molecule has 7 nitrogen and oxygen atoms in total. The molecule has 0 aromatic rings. The first-order chi connectivity index (χ1) is 9.60. The summed E-state index contributed by atoms with van der Waals surface area (Å²) in [5.41, 5.74) is -1.11. The van der Waals surface area contributed by atoms with E-state index in [0.29, 0.717) is 19.5 Å². The molecule has 0 aliphatic carbocycles. The fourth-order valence-electron chi connectivity index (χ4n) is 2.17. The van der Waals surface area contributed by atoms with Crippen molar-refractivity contribution in [1.29, 1.82) is 0 Å². The lowest BCUT2D eigenvalue weighted by molar-refractivity contribution is -0.151. The first kappa shape index (κ1) is 17.9. The molecule has 0 radical (unpaired) electrons. The molecule has 0 atom stereocenters. The zero-order valence-corrected chi connectivity index (χ0v) is 13.6. The van der Waals surface area contributed by atoms with Crippen LogP contribution < -0.4 is 0 Å². The van der Waals surface area contributed by atoms with Gasteiger partial charge in [-0.25, -0.2) is 8.42 Å². The van der Waals surface area contributed by atoms with Crippen LogP contribution in [0.25, 0.3) is 0 Å². The van der Waals surface area contributed by atoms with E-state index in [1.807, 2.05) is 6.92 Å². The first-order valence-corrected chi connectivity index (χ1v) is 8.70. The summed E-state index contributed by atoms with van der Waals surface area (Å²) in [6.45, 7) is 6.02. The summed E-state index contributed by atoms with van der Waals surface area (Å²) in [5.74, 6) is -1.14. The SMILES string of the molecule is CCCS(=O)(=O)N1CCN(C(=O)CC(C)(C)C(=O)O)CC1. The summed E-state index contributed by atoms with van der Waals surface area (Å²) in [6, 6.07) is 0. The predicted molar refractivity (Wildman–Crippen MR) is 78.3 cm³/mol. The van der Waals surface area contributed by atoms with Crippen LogP contribution in [0.5, 0.6) is 0 Å². The van der Waals surface area contributed by atoms with E-state index in [-0.39, 0.29) is 31.2 Å². The molecule has 1 aliphatic heterocycles. The van der Waals surface area contributed by atoms with Gasteiger partial charge in [-0.1, -0.05) is 6.92 Å². The minimum atomic E-state index is -3.23. The van der Waals surface area contributed by atoms with E-state index in [1.165, 1.54) is 18.2 Å². The van der Waals surface area contributed by atoms with Gasteiger partial charge in [0.2, 0.25) is 15.9 Å². The normalized spacial score (nSPS) is 17.8. The standard InChI is InChI=1S/C13H24N2O5S/c1-4-9-21(19,20)15-7-5-14(6-8-15)11(16)10-13(2,3)12(17)18/h4-10H2,1-3H3,(H,17,18). The van der Waals surface area contributed by atoms with E-state index in [9.17, 15) is 18.0 Å². The van der Waals surface area contributed by atoms with Crippen molar-refractivity contribution in [2.24, 2.45) is 5.41 Å². The summed E-state index contributed by atoms with van der Waals surface area (Å²) in [7, 11) is -3.23. The lowest BCUT2D eigenvalue weighted by Crippen LogP contribution is -2.51. The zero-order chi connectivity index (χ0) is 16.3. The lowest BCUT2D eigenvalue weighted by atomic mass is 9.89. The van der Waals surface area contributed by atoms with Crippen molar-refractivity contribution in [2.45, 2.75) is 33.6 Å². The van der Waals surface area contributed by atoms with E-state index in [1.54, 1.807) is 4.90 Å². The minimum Gasteiger partial charge on any atom is -0.481 e. The molecule has 8 heteroatoms. The molecule has 21 heavy (non-hydrogen) atoms. The third kappa shape index (κ3) is 4.67. The highest BCUT2D eigenvalue weighted by molar-refractivity contribution is 7.89. The molecule has 0 saturated carbocycles. The third-order valence-corrected chi connectivity index (χ3v) is 5.70. The summed E-state index contributed by atoms with van der Waals surface area (Å²) in [4.78, 5) is 24.7. The molecule has 1 rings (SSSR count). The van der Waals surface area contributed by atoms with Crippen LogP contribution in [-0.4, -0.2) is 66.5 Å². The Morgan fingerprint density at radius 3 is 2.10 bits per heavy atom. The van der Waals surface area contributed by atoms with E-state index >= 15 is 0 Å². The number of carboxylic acids is 1. The van der Waals surface area contributed by atoms with Crippen molar-refractivity contribution in [1.82, 2.24) is 9.21 Å². The Bertz CT molecular complexity index is 493. The second-order valence-electron chi connectivity index (χ2n) is 5.96. The number of aliphatic carboxylic acids is 1. The Hall–Kier alpha value is -1.15. The van der Waals surface area contributed by atoms with Crippen LogP contribution in [0, 0.1) is 5.41 Å². The van der Waals surface area contributed by atoms with Crippen LogP contribution in [0.2, 0.25) is 0 Å². The zero-order valence-electron chi connectivity index (χ0n) is 12.8. The second-order valence-corrected chi connectivity index (χ2v) is 8.05. The van der Waals surface area contributed by atoms with Gasteiger partial charge in [0.25, 0.3) is 0 Å². The summed E-state index contributed by atoms with van der Waals surface area (Å²) >= 11 is 0. The number of sulfonamides is 1. The topological polar surface area (TPSA) is 95.0 Å². The van der Waals surface area contributed by atoms with Gasteiger partial charge in [0.1, 0.15) is 0 Å². The second kappa shape index (κ2) is 6.74. The Labute approximate surface area is 126 Å². The Balaban J connectivity index is 2.57. The molecule has 1 N–H and O–H groups in total. The van der Waals surface area contributed by atoms with Crippen LogP contribution in [0.1, 0.15) is 33.6 Å². The Morgan fingerprint density at radius 1 is 1.14 bits per heavy atom. The molecule has 1 amide bonds. The monoisotopic (exact) mass is 320 g/mol. The number of hydrogen-bond donors (Lipinski definition) is 1. The van der Waals surface area contributed by atoms with Gasteiger partial charge in [-0.05, 0) is 20.3 Å².